The van der Waals surface area contributed by atoms with Crippen LogP contribution < -0.4 is 15.6 Å². The standard InChI is InChI=1S/C26H42N6O2/c1-21(33)27-23-11-8-12-24(19-23)31-17-15-30(16-18-31)14-7-6-13-25-29(2)28-26(34)32(25)20-22-9-4-3-5-10-22/h8,11-12,19,22,25H,3-7,9-10,13-18,20H2,1-2H3,(H,27,33)(H,28,34). The maximum absolute atomic E-state index is 12.5. The summed E-state index contributed by atoms with van der Waals surface area (Å²) in [6.07, 6.45) is 10.0. The summed E-state index contributed by atoms with van der Waals surface area (Å²) in [6.45, 7) is 7.68. The Balaban J connectivity index is 1.17. The van der Waals surface area contributed by atoms with Gasteiger partial charge in [0.15, 0.2) is 0 Å². The SMILES string of the molecule is CC(=O)Nc1cccc(N2CCN(CCCCC3N(C)NC(=O)N3CC3CCCCC3)CC2)c1. The minimum absolute atomic E-state index is 0.0389. The van der Waals surface area contributed by atoms with Gasteiger partial charge in [0.25, 0.3) is 0 Å². The molecule has 1 aromatic carbocycles. The Bertz CT molecular complexity index is 819. The number of piperazine rings is 1. The molecule has 1 aromatic rings. The number of hydrogen-bond donors (Lipinski definition) is 2. The predicted molar refractivity (Wildman–Crippen MR) is 137 cm³/mol. The molecule has 1 unspecified atom stereocenters. The zero-order valence-electron chi connectivity index (χ0n) is 21.0. The monoisotopic (exact) mass is 470 g/mol. The lowest BCUT2D eigenvalue weighted by atomic mass is 9.89. The third kappa shape index (κ3) is 6.63. The molecule has 2 N–H and O–H groups in total. The fraction of sp³-hybridized carbons (Fsp3) is 0.692. The van der Waals surface area contributed by atoms with Gasteiger partial charge in [-0.2, -0.15) is 0 Å². The lowest BCUT2D eigenvalue weighted by Crippen LogP contribution is -2.46. The number of hydrogen-bond acceptors (Lipinski definition) is 5. The molecule has 2 saturated heterocycles. The summed E-state index contributed by atoms with van der Waals surface area (Å²) in [5.41, 5.74) is 5.04. The quantitative estimate of drug-likeness (QED) is 0.539. The van der Waals surface area contributed by atoms with Gasteiger partial charge in [0.2, 0.25) is 5.91 Å². The van der Waals surface area contributed by atoms with Gasteiger partial charge in [-0.05, 0) is 62.8 Å². The molecule has 0 aromatic heterocycles. The van der Waals surface area contributed by atoms with Gasteiger partial charge in [0.1, 0.15) is 6.17 Å². The Hall–Kier alpha value is -2.32. The highest BCUT2D eigenvalue weighted by molar-refractivity contribution is 5.89. The van der Waals surface area contributed by atoms with E-state index in [1.54, 1.807) is 6.92 Å². The first-order valence-electron chi connectivity index (χ1n) is 13.1. The fourth-order valence-corrected chi connectivity index (χ4v) is 5.71. The minimum Gasteiger partial charge on any atom is -0.369 e. The van der Waals surface area contributed by atoms with E-state index in [2.05, 4.69) is 37.6 Å². The van der Waals surface area contributed by atoms with Crippen LogP contribution in [0.25, 0.3) is 0 Å². The highest BCUT2D eigenvalue weighted by Gasteiger charge is 2.36. The van der Waals surface area contributed by atoms with Crippen LogP contribution in [-0.4, -0.2) is 79.2 Å². The van der Waals surface area contributed by atoms with Crippen molar-refractivity contribution in [3.05, 3.63) is 24.3 Å². The number of nitrogens with one attached hydrogen (secondary N) is 2. The van der Waals surface area contributed by atoms with Gasteiger partial charge in [-0.3, -0.25) is 15.1 Å². The van der Waals surface area contributed by atoms with Gasteiger partial charge >= 0.3 is 6.03 Å². The smallest absolute Gasteiger partial charge is 0.333 e. The second-order valence-corrected chi connectivity index (χ2v) is 10.2. The summed E-state index contributed by atoms with van der Waals surface area (Å²) in [7, 11) is 2.00. The summed E-state index contributed by atoms with van der Waals surface area (Å²) >= 11 is 0. The maximum atomic E-state index is 12.5. The Labute approximate surface area is 204 Å². The van der Waals surface area contributed by atoms with Crippen molar-refractivity contribution in [1.82, 2.24) is 20.2 Å². The summed E-state index contributed by atoms with van der Waals surface area (Å²) < 4.78 is 0. The van der Waals surface area contributed by atoms with E-state index >= 15 is 0 Å². The lowest BCUT2D eigenvalue weighted by Gasteiger charge is -2.36. The van der Waals surface area contributed by atoms with Gasteiger partial charge in [0, 0.05) is 58.1 Å². The average Bonchev–Trinajstić information content (AvgIpc) is 3.09. The van der Waals surface area contributed by atoms with Gasteiger partial charge in [-0.1, -0.05) is 25.3 Å². The molecule has 0 radical (unpaired) electrons. The molecule has 2 heterocycles. The molecule has 8 nitrogen and oxygen atoms in total. The number of carbonyl (C=O) groups excluding carboxylic acids is 2. The predicted octanol–water partition coefficient (Wildman–Crippen LogP) is 3.72. The Kier molecular flexibility index (Phi) is 8.67. The number of amides is 3. The first-order chi connectivity index (χ1) is 16.5. The van der Waals surface area contributed by atoms with Crippen LogP contribution in [-0.2, 0) is 4.79 Å². The third-order valence-corrected chi connectivity index (χ3v) is 7.61. The topological polar surface area (TPSA) is 71.2 Å². The van der Waals surface area contributed by atoms with Crippen LogP contribution in [0.3, 0.4) is 0 Å². The summed E-state index contributed by atoms with van der Waals surface area (Å²) in [5, 5.41) is 4.89. The van der Waals surface area contributed by atoms with Crippen molar-refractivity contribution in [1.29, 1.82) is 0 Å². The van der Waals surface area contributed by atoms with Crippen molar-refractivity contribution >= 4 is 23.3 Å². The third-order valence-electron chi connectivity index (χ3n) is 7.61. The number of hydrazine groups is 1. The highest BCUT2D eigenvalue weighted by Crippen LogP contribution is 2.27. The van der Waals surface area contributed by atoms with Crippen LogP contribution in [0.15, 0.2) is 24.3 Å². The van der Waals surface area contributed by atoms with Crippen LogP contribution in [0, 0.1) is 5.92 Å². The van der Waals surface area contributed by atoms with E-state index in [-0.39, 0.29) is 18.1 Å². The molecule has 4 rings (SSSR count). The summed E-state index contributed by atoms with van der Waals surface area (Å²) in [4.78, 5) is 30.9. The van der Waals surface area contributed by atoms with E-state index < -0.39 is 0 Å². The minimum atomic E-state index is -0.0389. The van der Waals surface area contributed by atoms with Crippen molar-refractivity contribution in [2.75, 3.05) is 56.5 Å². The van der Waals surface area contributed by atoms with E-state index in [0.717, 1.165) is 64.2 Å². The Morgan fingerprint density at radius 3 is 2.59 bits per heavy atom. The van der Waals surface area contributed by atoms with Gasteiger partial charge < -0.3 is 15.1 Å². The number of rotatable bonds is 9. The van der Waals surface area contributed by atoms with Gasteiger partial charge in [0.05, 0.1) is 0 Å². The Morgan fingerprint density at radius 1 is 1.09 bits per heavy atom. The first-order valence-corrected chi connectivity index (χ1v) is 13.1. The van der Waals surface area contributed by atoms with Crippen LogP contribution in [0.5, 0.6) is 0 Å². The molecule has 8 heteroatoms. The second kappa shape index (κ2) is 11.9. The molecule has 2 aliphatic heterocycles. The Morgan fingerprint density at radius 2 is 1.85 bits per heavy atom. The van der Waals surface area contributed by atoms with E-state index in [9.17, 15) is 9.59 Å². The van der Waals surface area contributed by atoms with Crippen LogP contribution >= 0.6 is 0 Å². The summed E-state index contributed by atoms with van der Waals surface area (Å²) in [5.74, 6) is 0.631. The van der Waals surface area contributed by atoms with E-state index in [1.165, 1.54) is 37.8 Å². The molecule has 0 spiro atoms. The number of urea groups is 1. The molecule has 1 aliphatic carbocycles. The number of benzene rings is 1. The molecule has 188 valence electrons. The molecule has 1 atom stereocenters. The summed E-state index contributed by atoms with van der Waals surface area (Å²) in [6, 6.07) is 8.19. The highest BCUT2D eigenvalue weighted by atomic mass is 16.2. The molecular weight excluding hydrogens is 428 g/mol. The molecule has 3 amide bonds. The normalized spacial score (nSPS) is 22.8. The number of carbonyl (C=O) groups is 2. The van der Waals surface area contributed by atoms with Crippen molar-refractivity contribution in [3.63, 3.8) is 0 Å². The fourth-order valence-electron chi connectivity index (χ4n) is 5.71. The van der Waals surface area contributed by atoms with Crippen LogP contribution in [0.2, 0.25) is 0 Å². The van der Waals surface area contributed by atoms with Crippen LogP contribution in [0.1, 0.15) is 58.3 Å². The second-order valence-electron chi connectivity index (χ2n) is 10.2. The van der Waals surface area contributed by atoms with Crippen LogP contribution in [0.4, 0.5) is 16.2 Å². The molecule has 34 heavy (non-hydrogen) atoms. The van der Waals surface area contributed by atoms with Gasteiger partial charge in [-0.25, -0.2) is 9.80 Å². The maximum Gasteiger partial charge on any atom is 0.333 e. The van der Waals surface area contributed by atoms with E-state index in [4.69, 9.17) is 0 Å². The molecule has 3 fully saturated rings. The molecule has 3 aliphatic rings. The molecule has 0 bridgehead atoms. The molecular formula is C26H42N6O2. The molecule has 1 saturated carbocycles. The average molecular weight is 471 g/mol. The van der Waals surface area contributed by atoms with Crippen molar-refractivity contribution < 1.29 is 9.59 Å². The lowest BCUT2D eigenvalue weighted by molar-refractivity contribution is -0.114. The van der Waals surface area contributed by atoms with E-state index in [1.807, 2.05) is 24.2 Å². The number of nitrogens with zero attached hydrogens (tertiary/aromatic N) is 4. The first kappa shape index (κ1) is 24.8. The van der Waals surface area contributed by atoms with Gasteiger partial charge in [-0.15, -0.1) is 0 Å². The van der Waals surface area contributed by atoms with Crippen molar-refractivity contribution in [3.8, 4) is 0 Å². The number of anilines is 2. The largest absolute Gasteiger partial charge is 0.369 e. The zero-order chi connectivity index (χ0) is 23.9. The van der Waals surface area contributed by atoms with Crippen molar-refractivity contribution in [2.24, 2.45) is 5.92 Å². The van der Waals surface area contributed by atoms with E-state index in [0.29, 0.717) is 5.92 Å². The zero-order valence-corrected chi connectivity index (χ0v) is 21.0. The van der Waals surface area contributed by atoms with Crippen molar-refractivity contribution in [2.45, 2.75) is 64.5 Å². The number of unbranched alkanes of at least 4 members (excludes halogenated alkanes) is 1.